The molecule has 0 radical (unpaired) electrons. The van der Waals surface area contributed by atoms with Crippen LogP contribution in [-0.4, -0.2) is 24.8 Å². The molecule has 3 N–H and O–H groups in total. The highest BCUT2D eigenvalue weighted by molar-refractivity contribution is 5.68. The number of carbonyl (C=O) groups excluding carboxylic acids is 1. The first-order chi connectivity index (χ1) is 8.58. The fourth-order valence-corrected chi connectivity index (χ4v) is 2.46. The van der Waals surface area contributed by atoms with Gasteiger partial charge in [0.25, 0.3) is 0 Å². The Kier molecular flexibility index (Phi) is 6.47. The third kappa shape index (κ3) is 5.25. The molecule has 1 saturated carbocycles. The number of nitrogens with one attached hydrogen (secondary N) is 1. The standard InChI is InChI=1S/C14H28N2O2/c1-12(2)10-18-13(17)16-14(11-15)8-6-4-3-5-7-9-14/h12H,3-11,15H2,1-2H3,(H,16,17). The molecule has 4 heteroatoms. The average molecular weight is 256 g/mol. The third-order valence-electron chi connectivity index (χ3n) is 3.62. The van der Waals surface area contributed by atoms with Crippen LogP contribution in [0.2, 0.25) is 0 Å². The van der Waals surface area contributed by atoms with Crippen LogP contribution in [0.3, 0.4) is 0 Å². The molecular formula is C14H28N2O2. The number of hydrogen-bond donors (Lipinski definition) is 2. The molecule has 18 heavy (non-hydrogen) atoms. The molecule has 0 aromatic rings. The summed E-state index contributed by atoms with van der Waals surface area (Å²) in [6.45, 7) is 5.03. The summed E-state index contributed by atoms with van der Waals surface area (Å²) in [7, 11) is 0. The summed E-state index contributed by atoms with van der Waals surface area (Å²) in [5.41, 5.74) is 5.65. The van der Waals surface area contributed by atoms with E-state index in [-0.39, 0.29) is 11.6 Å². The van der Waals surface area contributed by atoms with E-state index in [1.54, 1.807) is 0 Å². The highest BCUT2D eigenvalue weighted by Gasteiger charge is 2.31. The maximum Gasteiger partial charge on any atom is 0.407 e. The van der Waals surface area contributed by atoms with Gasteiger partial charge in [0.2, 0.25) is 0 Å². The zero-order chi connectivity index (χ0) is 13.4. The molecule has 1 aliphatic carbocycles. The lowest BCUT2D eigenvalue weighted by Crippen LogP contribution is -2.54. The molecule has 0 unspecified atom stereocenters. The molecule has 106 valence electrons. The summed E-state index contributed by atoms with van der Waals surface area (Å²) in [6, 6.07) is 0. The maximum atomic E-state index is 11.8. The monoisotopic (exact) mass is 256 g/mol. The number of ether oxygens (including phenoxy) is 1. The molecule has 0 bridgehead atoms. The van der Waals surface area contributed by atoms with E-state index < -0.39 is 0 Å². The molecule has 0 saturated heterocycles. The van der Waals surface area contributed by atoms with Crippen LogP contribution in [0.1, 0.15) is 58.8 Å². The normalized spacial score (nSPS) is 20.0. The number of nitrogens with two attached hydrogens (primary N) is 1. The summed E-state index contributed by atoms with van der Waals surface area (Å²) in [5.74, 6) is 0.363. The Morgan fingerprint density at radius 2 is 1.78 bits per heavy atom. The Bertz CT molecular complexity index is 246. The molecule has 0 heterocycles. The van der Waals surface area contributed by atoms with E-state index in [4.69, 9.17) is 10.5 Å². The van der Waals surface area contributed by atoms with E-state index in [1.807, 2.05) is 13.8 Å². The van der Waals surface area contributed by atoms with Crippen LogP contribution in [-0.2, 0) is 4.74 Å². The summed E-state index contributed by atoms with van der Waals surface area (Å²) in [4.78, 5) is 11.8. The molecule has 0 atom stereocenters. The highest BCUT2D eigenvalue weighted by Crippen LogP contribution is 2.25. The van der Waals surface area contributed by atoms with Gasteiger partial charge in [0, 0.05) is 6.54 Å². The minimum Gasteiger partial charge on any atom is -0.449 e. The third-order valence-corrected chi connectivity index (χ3v) is 3.62. The van der Waals surface area contributed by atoms with E-state index in [0.29, 0.717) is 19.1 Å². The molecule has 0 spiro atoms. The van der Waals surface area contributed by atoms with Crippen LogP contribution < -0.4 is 11.1 Å². The van der Waals surface area contributed by atoms with Crippen LogP contribution in [0.25, 0.3) is 0 Å². The highest BCUT2D eigenvalue weighted by atomic mass is 16.5. The lowest BCUT2D eigenvalue weighted by Gasteiger charge is -2.35. The fraction of sp³-hybridized carbons (Fsp3) is 0.929. The first-order valence-corrected chi connectivity index (χ1v) is 7.23. The maximum absolute atomic E-state index is 11.8. The number of amides is 1. The zero-order valence-corrected chi connectivity index (χ0v) is 11.8. The predicted molar refractivity (Wildman–Crippen MR) is 73.4 cm³/mol. The summed E-state index contributed by atoms with van der Waals surface area (Å²) in [6.07, 6.45) is 7.70. The Labute approximate surface area is 111 Å². The molecule has 1 amide bonds. The molecular weight excluding hydrogens is 228 g/mol. The second-order valence-electron chi connectivity index (χ2n) is 5.87. The van der Waals surface area contributed by atoms with Crippen LogP contribution in [0.15, 0.2) is 0 Å². The minimum absolute atomic E-state index is 0.242. The molecule has 0 aromatic carbocycles. The van der Waals surface area contributed by atoms with Crippen LogP contribution in [0.5, 0.6) is 0 Å². The Morgan fingerprint density at radius 3 is 2.28 bits per heavy atom. The second kappa shape index (κ2) is 7.62. The summed E-state index contributed by atoms with van der Waals surface area (Å²) in [5, 5.41) is 3.02. The predicted octanol–water partition coefficient (Wildman–Crippen LogP) is 2.81. The van der Waals surface area contributed by atoms with Crippen molar-refractivity contribution in [1.82, 2.24) is 5.32 Å². The molecule has 1 fully saturated rings. The van der Waals surface area contributed by atoms with E-state index in [9.17, 15) is 4.79 Å². The van der Waals surface area contributed by atoms with Gasteiger partial charge in [0.1, 0.15) is 0 Å². The number of carbonyl (C=O) groups is 1. The lowest BCUT2D eigenvalue weighted by molar-refractivity contribution is 0.116. The molecule has 0 aromatic heterocycles. The van der Waals surface area contributed by atoms with Crippen molar-refractivity contribution in [2.75, 3.05) is 13.2 Å². The molecule has 1 aliphatic rings. The summed E-state index contributed by atoms with van der Waals surface area (Å²) < 4.78 is 5.20. The van der Waals surface area contributed by atoms with Gasteiger partial charge in [-0.3, -0.25) is 0 Å². The Balaban J connectivity index is 2.48. The SMILES string of the molecule is CC(C)COC(=O)NC1(CN)CCCCCCC1. The van der Waals surface area contributed by atoms with Crippen molar-refractivity contribution in [2.45, 2.75) is 64.3 Å². The quantitative estimate of drug-likeness (QED) is 0.813. The van der Waals surface area contributed by atoms with Gasteiger partial charge in [-0.15, -0.1) is 0 Å². The van der Waals surface area contributed by atoms with Crippen molar-refractivity contribution in [3.63, 3.8) is 0 Å². The van der Waals surface area contributed by atoms with E-state index in [2.05, 4.69) is 5.32 Å². The Morgan fingerprint density at radius 1 is 1.22 bits per heavy atom. The van der Waals surface area contributed by atoms with E-state index >= 15 is 0 Å². The largest absolute Gasteiger partial charge is 0.449 e. The van der Waals surface area contributed by atoms with E-state index in [0.717, 1.165) is 25.7 Å². The average Bonchev–Trinajstić information content (AvgIpc) is 2.30. The van der Waals surface area contributed by atoms with Gasteiger partial charge in [-0.05, 0) is 18.8 Å². The smallest absolute Gasteiger partial charge is 0.407 e. The second-order valence-corrected chi connectivity index (χ2v) is 5.87. The zero-order valence-electron chi connectivity index (χ0n) is 11.8. The molecule has 0 aliphatic heterocycles. The van der Waals surface area contributed by atoms with Gasteiger partial charge in [-0.1, -0.05) is 46.0 Å². The van der Waals surface area contributed by atoms with Gasteiger partial charge in [-0.25, -0.2) is 4.79 Å². The van der Waals surface area contributed by atoms with Crippen LogP contribution >= 0.6 is 0 Å². The summed E-state index contributed by atoms with van der Waals surface area (Å²) >= 11 is 0. The van der Waals surface area contributed by atoms with Gasteiger partial charge in [0.05, 0.1) is 12.1 Å². The van der Waals surface area contributed by atoms with Gasteiger partial charge in [0.15, 0.2) is 0 Å². The van der Waals surface area contributed by atoms with Crippen molar-refractivity contribution < 1.29 is 9.53 Å². The van der Waals surface area contributed by atoms with Crippen LogP contribution in [0.4, 0.5) is 4.79 Å². The topological polar surface area (TPSA) is 64.3 Å². The Hall–Kier alpha value is -0.770. The number of hydrogen-bond acceptors (Lipinski definition) is 3. The van der Waals surface area contributed by atoms with Crippen molar-refractivity contribution in [2.24, 2.45) is 11.7 Å². The van der Waals surface area contributed by atoms with Gasteiger partial charge < -0.3 is 15.8 Å². The van der Waals surface area contributed by atoms with Gasteiger partial charge >= 0.3 is 6.09 Å². The lowest BCUT2D eigenvalue weighted by atomic mass is 9.84. The van der Waals surface area contributed by atoms with Gasteiger partial charge in [-0.2, -0.15) is 0 Å². The van der Waals surface area contributed by atoms with Crippen LogP contribution in [0, 0.1) is 5.92 Å². The number of alkyl carbamates (subject to hydrolysis) is 1. The number of rotatable bonds is 4. The first kappa shape index (κ1) is 15.3. The molecule has 4 nitrogen and oxygen atoms in total. The van der Waals surface area contributed by atoms with Crippen molar-refractivity contribution >= 4 is 6.09 Å². The van der Waals surface area contributed by atoms with Crippen molar-refractivity contribution in [1.29, 1.82) is 0 Å². The van der Waals surface area contributed by atoms with Crippen molar-refractivity contribution in [3.8, 4) is 0 Å². The first-order valence-electron chi connectivity index (χ1n) is 7.23. The molecule has 1 rings (SSSR count). The van der Waals surface area contributed by atoms with E-state index in [1.165, 1.54) is 19.3 Å². The fourth-order valence-electron chi connectivity index (χ4n) is 2.46. The minimum atomic E-state index is -0.310. The van der Waals surface area contributed by atoms with Crippen molar-refractivity contribution in [3.05, 3.63) is 0 Å².